The number of hydrogen-bond acceptors (Lipinski definition) is 3. The molecule has 0 atom stereocenters. The van der Waals surface area contributed by atoms with E-state index >= 15 is 0 Å². The van der Waals surface area contributed by atoms with Gasteiger partial charge >= 0.3 is 0 Å². The third-order valence-electron chi connectivity index (χ3n) is 4.82. The molecule has 1 aromatic carbocycles. The number of furan rings is 1. The van der Waals surface area contributed by atoms with Crippen molar-refractivity contribution in [3.8, 4) is 0 Å². The molecular formula is C21H20N2O3. The number of carbonyl (C=O) groups excluding carboxylic acids is 1. The van der Waals surface area contributed by atoms with Crippen molar-refractivity contribution >= 4 is 5.91 Å². The van der Waals surface area contributed by atoms with E-state index in [9.17, 15) is 9.59 Å². The first kappa shape index (κ1) is 16.4. The average Bonchev–Trinajstić information content (AvgIpc) is 3.21. The zero-order valence-electron chi connectivity index (χ0n) is 14.4. The molecule has 0 fully saturated rings. The Bertz CT molecular complexity index is 959. The Morgan fingerprint density at radius 1 is 1.08 bits per heavy atom. The maximum Gasteiger partial charge on any atom is 0.289 e. The van der Waals surface area contributed by atoms with Gasteiger partial charge in [-0.15, -0.1) is 0 Å². The number of benzene rings is 1. The van der Waals surface area contributed by atoms with E-state index in [0.717, 1.165) is 17.5 Å². The fourth-order valence-corrected chi connectivity index (χ4v) is 3.37. The molecule has 2 aromatic heterocycles. The predicted molar refractivity (Wildman–Crippen MR) is 98.0 cm³/mol. The van der Waals surface area contributed by atoms with Gasteiger partial charge in [0.05, 0.1) is 6.26 Å². The molecule has 0 bridgehead atoms. The zero-order chi connectivity index (χ0) is 17.9. The summed E-state index contributed by atoms with van der Waals surface area (Å²) in [4.78, 5) is 26.6. The molecule has 3 aromatic rings. The van der Waals surface area contributed by atoms with Crippen molar-refractivity contribution in [2.24, 2.45) is 0 Å². The summed E-state index contributed by atoms with van der Waals surface area (Å²) in [5.41, 5.74) is 3.29. The number of pyridine rings is 1. The van der Waals surface area contributed by atoms with E-state index in [2.05, 4.69) is 12.1 Å². The van der Waals surface area contributed by atoms with Crippen molar-refractivity contribution in [1.82, 2.24) is 9.47 Å². The SMILES string of the molecule is O=C(c1ccco1)N1CCc2cc(=O)n(CCc3ccccc3)cc2C1. The number of amides is 1. The lowest BCUT2D eigenvalue weighted by atomic mass is 10.0. The van der Waals surface area contributed by atoms with Crippen LogP contribution in [-0.2, 0) is 25.9 Å². The summed E-state index contributed by atoms with van der Waals surface area (Å²) in [5, 5.41) is 0. The quantitative estimate of drug-likeness (QED) is 0.728. The number of nitrogens with zero attached hydrogens (tertiary/aromatic N) is 2. The van der Waals surface area contributed by atoms with Crippen LogP contribution in [0.1, 0.15) is 27.2 Å². The van der Waals surface area contributed by atoms with Crippen LogP contribution in [0.15, 0.2) is 70.2 Å². The van der Waals surface area contributed by atoms with Gasteiger partial charge in [-0.25, -0.2) is 0 Å². The normalized spacial score (nSPS) is 13.5. The van der Waals surface area contributed by atoms with Crippen LogP contribution >= 0.6 is 0 Å². The van der Waals surface area contributed by atoms with Gasteiger partial charge in [-0.2, -0.15) is 0 Å². The summed E-state index contributed by atoms with van der Waals surface area (Å²) < 4.78 is 6.96. The zero-order valence-corrected chi connectivity index (χ0v) is 14.4. The van der Waals surface area contributed by atoms with E-state index in [4.69, 9.17) is 4.42 Å². The molecular weight excluding hydrogens is 328 g/mol. The van der Waals surface area contributed by atoms with Crippen LogP contribution in [0.3, 0.4) is 0 Å². The molecule has 5 heteroatoms. The van der Waals surface area contributed by atoms with Crippen LogP contribution in [0.4, 0.5) is 0 Å². The maximum absolute atomic E-state index is 12.5. The first-order chi connectivity index (χ1) is 12.7. The number of rotatable bonds is 4. The molecule has 3 heterocycles. The number of aromatic nitrogens is 1. The molecule has 0 saturated heterocycles. The van der Waals surface area contributed by atoms with Crippen LogP contribution < -0.4 is 5.56 Å². The Morgan fingerprint density at radius 2 is 1.92 bits per heavy atom. The third kappa shape index (κ3) is 3.33. The molecule has 0 saturated carbocycles. The van der Waals surface area contributed by atoms with Crippen LogP contribution in [0, 0.1) is 0 Å². The third-order valence-corrected chi connectivity index (χ3v) is 4.82. The van der Waals surface area contributed by atoms with Gasteiger partial charge < -0.3 is 13.9 Å². The molecule has 1 aliphatic rings. The summed E-state index contributed by atoms with van der Waals surface area (Å²) in [7, 11) is 0. The molecule has 0 aliphatic carbocycles. The van der Waals surface area contributed by atoms with Gasteiger partial charge in [0.2, 0.25) is 0 Å². The lowest BCUT2D eigenvalue weighted by Crippen LogP contribution is -2.37. The number of hydrogen-bond donors (Lipinski definition) is 0. The Kier molecular flexibility index (Phi) is 4.44. The second-order valence-electron chi connectivity index (χ2n) is 6.55. The molecule has 0 N–H and O–H groups in total. The lowest BCUT2D eigenvalue weighted by molar-refractivity contribution is 0.0702. The Hall–Kier alpha value is -3.08. The topological polar surface area (TPSA) is 55.5 Å². The van der Waals surface area contributed by atoms with Gasteiger partial charge in [-0.05, 0) is 41.7 Å². The van der Waals surface area contributed by atoms with Crippen LogP contribution in [0.25, 0.3) is 0 Å². The van der Waals surface area contributed by atoms with Crippen LogP contribution in [0.2, 0.25) is 0 Å². The maximum atomic E-state index is 12.5. The highest BCUT2D eigenvalue weighted by molar-refractivity contribution is 5.91. The number of carbonyl (C=O) groups is 1. The van der Waals surface area contributed by atoms with Crippen LogP contribution in [-0.4, -0.2) is 21.9 Å². The van der Waals surface area contributed by atoms with E-state index in [1.807, 2.05) is 24.4 Å². The summed E-state index contributed by atoms with van der Waals surface area (Å²) in [6.45, 7) is 1.72. The second-order valence-corrected chi connectivity index (χ2v) is 6.55. The van der Waals surface area contributed by atoms with Gasteiger partial charge in [0.15, 0.2) is 5.76 Å². The fraction of sp³-hybridized carbons (Fsp3) is 0.238. The second kappa shape index (κ2) is 7.04. The number of aryl methyl sites for hydroxylation is 2. The molecule has 132 valence electrons. The highest BCUT2D eigenvalue weighted by atomic mass is 16.3. The van der Waals surface area contributed by atoms with Gasteiger partial charge in [0, 0.05) is 31.9 Å². The highest BCUT2D eigenvalue weighted by Gasteiger charge is 2.24. The fourth-order valence-electron chi connectivity index (χ4n) is 3.37. The smallest absolute Gasteiger partial charge is 0.289 e. The van der Waals surface area contributed by atoms with Crippen molar-refractivity contribution in [1.29, 1.82) is 0 Å². The Labute approximate surface area is 151 Å². The van der Waals surface area contributed by atoms with Gasteiger partial charge in [-0.3, -0.25) is 9.59 Å². The standard InChI is InChI=1S/C21H20N2O3/c24-20-13-17-9-11-23(21(25)19-7-4-12-26-19)15-18(17)14-22(20)10-8-16-5-2-1-3-6-16/h1-7,12-14H,8-11,15H2. The predicted octanol–water partition coefficient (Wildman–Crippen LogP) is 2.88. The van der Waals surface area contributed by atoms with E-state index in [-0.39, 0.29) is 11.5 Å². The molecule has 0 radical (unpaired) electrons. The minimum absolute atomic E-state index is 0.0190. The first-order valence-electron chi connectivity index (χ1n) is 8.79. The van der Waals surface area contributed by atoms with Gasteiger partial charge in [0.1, 0.15) is 0 Å². The Morgan fingerprint density at radius 3 is 2.69 bits per heavy atom. The van der Waals surface area contributed by atoms with E-state index < -0.39 is 0 Å². The largest absolute Gasteiger partial charge is 0.459 e. The molecule has 5 nitrogen and oxygen atoms in total. The molecule has 1 aliphatic heterocycles. The van der Waals surface area contributed by atoms with Crippen molar-refractivity contribution in [3.05, 3.63) is 93.8 Å². The summed E-state index contributed by atoms with van der Waals surface area (Å²) >= 11 is 0. The average molecular weight is 348 g/mol. The van der Waals surface area contributed by atoms with Gasteiger partial charge in [0.25, 0.3) is 11.5 Å². The molecule has 1 amide bonds. The summed E-state index contributed by atoms with van der Waals surface area (Å²) in [6, 6.07) is 15.2. The summed E-state index contributed by atoms with van der Waals surface area (Å²) in [5.74, 6) is 0.244. The minimum atomic E-state index is -0.109. The Balaban J connectivity index is 1.52. The highest BCUT2D eigenvalue weighted by Crippen LogP contribution is 2.19. The molecule has 0 unspecified atom stereocenters. The van der Waals surface area contributed by atoms with Crippen molar-refractivity contribution in [3.63, 3.8) is 0 Å². The van der Waals surface area contributed by atoms with E-state index in [0.29, 0.717) is 31.8 Å². The van der Waals surface area contributed by atoms with Crippen molar-refractivity contribution < 1.29 is 9.21 Å². The van der Waals surface area contributed by atoms with Crippen molar-refractivity contribution in [2.75, 3.05) is 6.54 Å². The van der Waals surface area contributed by atoms with Crippen molar-refractivity contribution in [2.45, 2.75) is 25.9 Å². The monoisotopic (exact) mass is 348 g/mol. The molecule has 4 rings (SSSR count). The van der Waals surface area contributed by atoms with E-state index in [1.54, 1.807) is 27.7 Å². The molecule has 0 spiro atoms. The lowest BCUT2D eigenvalue weighted by Gasteiger charge is -2.28. The van der Waals surface area contributed by atoms with Gasteiger partial charge in [-0.1, -0.05) is 30.3 Å². The molecule has 26 heavy (non-hydrogen) atoms. The van der Waals surface area contributed by atoms with Crippen LogP contribution in [0.5, 0.6) is 0 Å². The summed E-state index contributed by atoms with van der Waals surface area (Å²) in [6.07, 6.45) is 4.90. The minimum Gasteiger partial charge on any atom is -0.459 e. The number of fused-ring (bicyclic) bond motifs is 1. The first-order valence-corrected chi connectivity index (χ1v) is 8.79. The van der Waals surface area contributed by atoms with E-state index in [1.165, 1.54) is 11.8 Å².